The minimum absolute atomic E-state index is 0.0452. The molecule has 32 heavy (non-hydrogen) atoms. The Kier molecular flexibility index (Phi) is 7.90. The molecule has 0 heterocycles. The second-order valence-electron chi connectivity index (χ2n) is 7.15. The molecule has 0 radical (unpaired) electrons. The van der Waals surface area contributed by atoms with E-state index in [0.29, 0.717) is 28.6 Å². The quantitative estimate of drug-likeness (QED) is 0.481. The topological polar surface area (TPSA) is 75.7 Å². The average molecular weight is 473 g/mol. The molecule has 0 spiro atoms. The van der Waals surface area contributed by atoms with Crippen molar-refractivity contribution >= 4 is 33.2 Å². The van der Waals surface area contributed by atoms with Crippen LogP contribution in [0.3, 0.4) is 0 Å². The van der Waals surface area contributed by atoms with E-state index in [-0.39, 0.29) is 18.0 Å². The Morgan fingerprint density at radius 1 is 1.00 bits per heavy atom. The van der Waals surface area contributed by atoms with Crippen molar-refractivity contribution in [2.24, 2.45) is 0 Å². The summed E-state index contributed by atoms with van der Waals surface area (Å²) in [5.41, 5.74) is 2.02. The van der Waals surface area contributed by atoms with Gasteiger partial charge in [-0.1, -0.05) is 59.6 Å². The van der Waals surface area contributed by atoms with Crippen LogP contribution in [0.5, 0.6) is 5.75 Å². The van der Waals surface area contributed by atoms with Gasteiger partial charge in [0.1, 0.15) is 5.75 Å². The highest BCUT2D eigenvalue weighted by Crippen LogP contribution is 2.25. The van der Waals surface area contributed by atoms with Gasteiger partial charge >= 0.3 is 0 Å². The van der Waals surface area contributed by atoms with Crippen LogP contribution in [0.4, 0.5) is 5.69 Å². The first kappa shape index (κ1) is 23.8. The number of benzene rings is 3. The molecule has 0 saturated carbocycles. The number of anilines is 1. The third-order valence-corrected chi connectivity index (χ3v) is 6.92. The Morgan fingerprint density at radius 2 is 1.66 bits per heavy atom. The number of hydrogen-bond donors (Lipinski definition) is 1. The highest BCUT2D eigenvalue weighted by atomic mass is 35.5. The van der Waals surface area contributed by atoms with E-state index in [1.807, 2.05) is 13.8 Å². The van der Waals surface area contributed by atoms with Crippen LogP contribution >= 0.6 is 11.6 Å². The SMILES string of the molecule is CCOc1ccccc1NC(=O)CN(Cc1ccccc1Cl)S(=O)(=O)c1ccc(C)cc1. The lowest BCUT2D eigenvalue weighted by atomic mass is 10.2. The largest absolute Gasteiger partial charge is 0.492 e. The van der Waals surface area contributed by atoms with Gasteiger partial charge in [-0.2, -0.15) is 4.31 Å². The van der Waals surface area contributed by atoms with Gasteiger partial charge in [0.25, 0.3) is 0 Å². The van der Waals surface area contributed by atoms with Crippen molar-refractivity contribution in [1.29, 1.82) is 0 Å². The number of carbonyl (C=O) groups excluding carboxylic acids is 1. The number of aryl methyl sites for hydroxylation is 1. The Hall–Kier alpha value is -2.87. The van der Waals surface area contributed by atoms with Gasteiger partial charge in [-0.15, -0.1) is 0 Å². The zero-order valence-corrected chi connectivity index (χ0v) is 19.5. The fourth-order valence-corrected chi connectivity index (χ4v) is 4.67. The van der Waals surface area contributed by atoms with Crippen LogP contribution in [0.25, 0.3) is 0 Å². The van der Waals surface area contributed by atoms with Gasteiger partial charge in [-0.05, 0) is 49.7 Å². The third kappa shape index (κ3) is 5.88. The van der Waals surface area contributed by atoms with Crippen molar-refractivity contribution in [3.05, 3.63) is 88.9 Å². The Morgan fingerprint density at radius 3 is 2.34 bits per heavy atom. The number of carbonyl (C=O) groups is 1. The van der Waals surface area contributed by atoms with Crippen LogP contribution < -0.4 is 10.1 Å². The van der Waals surface area contributed by atoms with Crippen LogP contribution in [0.1, 0.15) is 18.1 Å². The maximum absolute atomic E-state index is 13.4. The summed E-state index contributed by atoms with van der Waals surface area (Å²) in [5, 5.41) is 3.19. The van der Waals surface area contributed by atoms with E-state index < -0.39 is 15.9 Å². The number of rotatable bonds is 9. The summed E-state index contributed by atoms with van der Waals surface area (Å²) in [4.78, 5) is 13.0. The first-order chi connectivity index (χ1) is 15.3. The Balaban J connectivity index is 1.89. The molecule has 0 saturated heterocycles. The highest BCUT2D eigenvalue weighted by molar-refractivity contribution is 7.89. The molecule has 0 aliphatic rings. The molecule has 3 aromatic rings. The van der Waals surface area contributed by atoms with E-state index >= 15 is 0 Å². The summed E-state index contributed by atoms with van der Waals surface area (Å²) < 4.78 is 33.5. The molecule has 6 nitrogen and oxygen atoms in total. The van der Waals surface area contributed by atoms with Gasteiger partial charge in [0.2, 0.25) is 15.9 Å². The number of nitrogens with one attached hydrogen (secondary N) is 1. The van der Waals surface area contributed by atoms with Crippen molar-refractivity contribution in [3.8, 4) is 5.75 Å². The number of para-hydroxylation sites is 2. The second kappa shape index (κ2) is 10.6. The number of amides is 1. The van der Waals surface area contributed by atoms with Gasteiger partial charge in [-0.25, -0.2) is 8.42 Å². The van der Waals surface area contributed by atoms with Crippen LogP contribution in [0, 0.1) is 6.92 Å². The second-order valence-corrected chi connectivity index (χ2v) is 9.50. The number of ether oxygens (including phenoxy) is 1. The van der Waals surface area contributed by atoms with Crippen LogP contribution in [0.15, 0.2) is 77.7 Å². The fraction of sp³-hybridized carbons (Fsp3) is 0.208. The Bertz CT molecular complexity index is 1180. The molecule has 0 aromatic heterocycles. The highest BCUT2D eigenvalue weighted by Gasteiger charge is 2.27. The molecule has 0 unspecified atom stereocenters. The summed E-state index contributed by atoms with van der Waals surface area (Å²) in [6, 6.07) is 20.5. The van der Waals surface area contributed by atoms with Crippen LogP contribution in [-0.2, 0) is 21.4 Å². The summed E-state index contributed by atoms with van der Waals surface area (Å²) in [6.45, 7) is 3.73. The minimum atomic E-state index is -3.96. The summed E-state index contributed by atoms with van der Waals surface area (Å²) in [5.74, 6) is 0.0299. The van der Waals surface area contributed by atoms with Crippen molar-refractivity contribution < 1.29 is 17.9 Å². The fourth-order valence-electron chi connectivity index (χ4n) is 3.10. The minimum Gasteiger partial charge on any atom is -0.492 e. The molecular formula is C24H25ClN2O4S. The molecule has 3 rings (SSSR count). The molecule has 0 bridgehead atoms. The maximum Gasteiger partial charge on any atom is 0.243 e. The molecule has 0 aliphatic heterocycles. The lowest BCUT2D eigenvalue weighted by molar-refractivity contribution is -0.116. The average Bonchev–Trinajstić information content (AvgIpc) is 2.76. The molecule has 0 fully saturated rings. The third-order valence-electron chi connectivity index (χ3n) is 4.74. The predicted octanol–water partition coefficient (Wildman–Crippen LogP) is 4.88. The van der Waals surface area contributed by atoms with Gasteiger partial charge in [0.15, 0.2) is 0 Å². The van der Waals surface area contributed by atoms with Gasteiger partial charge < -0.3 is 10.1 Å². The molecule has 1 amide bonds. The van der Waals surface area contributed by atoms with Crippen molar-refractivity contribution in [1.82, 2.24) is 4.31 Å². The van der Waals surface area contributed by atoms with Crippen molar-refractivity contribution in [2.75, 3.05) is 18.5 Å². The van der Waals surface area contributed by atoms with Crippen molar-refractivity contribution in [3.63, 3.8) is 0 Å². The van der Waals surface area contributed by atoms with E-state index in [4.69, 9.17) is 16.3 Å². The molecule has 168 valence electrons. The van der Waals surface area contributed by atoms with E-state index in [1.165, 1.54) is 12.1 Å². The summed E-state index contributed by atoms with van der Waals surface area (Å²) in [6.07, 6.45) is 0. The number of halogens is 1. The molecule has 1 N–H and O–H groups in total. The van der Waals surface area contributed by atoms with E-state index in [9.17, 15) is 13.2 Å². The molecule has 0 atom stereocenters. The normalized spacial score (nSPS) is 11.4. The monoisotopic (exact) mass is 472 g/mol. The molecule has 0 aliphatic carbocycles. The van der Waals surface area contributed by atoms with E-state index in [2.05, 4.69) is 5.32 Å². The van der Waals surface area contributed by atoms with Crippen molar-refractivity contribution in [2.45, 2.75) is 25.3 Å². The number of nitrogens with zero attached hydrogens (tertiary/aromatic N) is 1. The standard InChI is InChI=1S/C24H25ClN2O4S/c1-3-31-23-11-7-6-10-22(23)26-24(28)17-27(16-19-8-4-5-9-21(19)25)32(29,30)20-14-12-18(2)13-15-20/h4-15H,3,16-17H2,1-2H3,(H,26,28). The first-order valence-corrected chi connectivity index (χ1v) is 11.9. The van der Waals surface area contributed by atoms with Crippen LogP contribution in [-0.4, -0.2) is 31.8 Å². The van der Waals surface area contributed by atoms with Gasteiger partial charge in [-0.3, -0.25) is 4.79 Å². The van der Waals surface area contributed by atoms with Gasteiger partial charge in [0, 0.05) is 11.6 Å². The summed E-state index contributed by atoms with van der Waals surface area (Å²) >= 11 is 6.27. The van der Waals surface area contributed by atoms with Gasteiger partial charge in [0.05, 0.1) is 23.7 Å². The van der Waals surface area contributed by atoms with E-state index in [1.54, 1.807) is 60.7 Å². The maximum atomic E-state index is 13.4. The molecule has 3 aromatic carbocycles. The zero-order valence-electron chi connectivity index (χ0n) is 17.9. The van der Waals surface area contributed by atoms with E-state index in [0.717, 1.165) is 9.87 Å². The lowest BCUT2D eigenvalue weighted by Gasteiger charge is -2.23. The smallest absolute Gasteiger partial charge is 0.243 e. The Labute approximate surface area is 193 Å². The zero-order chi connectivity index (χ0) is 23.1. The summed E-state index contributed by atoms with van der Waals surface area (Å²) in [7, 11) is -3.96. The van der Waals surface area contributed by atoms with Crippen LogP contribution in [0.2, 0.25) is 5.02 Å². The number of sulfonamides is 1. The molecular weight excluding hydrogens is 448 g/mol. The number of hydrogen-bond acceptors (Lipinski definition) is 4. The lowest BCUT2D eigenvalue weighted by Crippen LogP contribution is -2.37. The predicted molar refractivity (Wildman–Crippen MR) is 126 cm³/mol. The first-order valence-electron chi connectivity index (χ1n) is 10.1. The molecule has 8 heteroatoms.